The quantitative estimate of drug-likeness (QED) is 0.0323. The van der Waals surface area contributed by atoms with Crippen LogP contribution in [0.3, 0.4) is 0 Å². The maximum absolute atomic E-state index is 14.3. The molecular weight excluding hydrogens is 2030 g/mol. The first kappa shape index (κ1) is 118. The van der Waals surface area contributed by atoms with E-state index in [1.54, 1.807) is 91.8 Å². The van der Waals surface area contributed by atoms with E-state index in [0.29, 0.717) is 97.1 Å². The number of benzene rings is 6. The number of nitriles is 2. The molecule has 33 heteroatoms. The third kappa shape index (κ3) is 34.0. The fourth-order valence-corrected chi connectivity index (χ4v) is 21.8. The fourth-order valence-electron chi connectivity index (χ4n) is 15.4. The molecule has 10 aromatic rings. The van der Waals surface area contributed by atoms with Crippen molar-refractivity contribution in [1.29, 1.82) is 10.5 Å². The zero-order chi connectivity index (χ0) is 94.7. The molecule has 4 aromatic heterocycles. The zero-order valence-electron chi connectivity index (χ0n) is 77.9. The van der Waals surface area contributed by atoms with Crippen LogP contribution in [0.1, 0.15) is 188 Å². The molecular formula is C100H115BBrCl4F2FeN8Na2O11P2Pd+. The zero-order valence-corrected chi connectivity index (χ0v) is 90.9. The third-order valence-corrected chi connectivity index (χ3v) is 29.7. The molecule has 2 aliphatic carbocycles. The maximum atomic E-state index is 14.3. The molecule has 3 aliphatic heterocycles. The first-order chi connectivity index (χ1) is 62.3. The van der Waals surface area contributed by atoms with Crippen LogP contribution in [-0.2, 0) is 73.5 Å². The number of nitrogens with zero attached hydrogens (tertiary/aromatic N) is 6. The van der Waals surface area contributed by atoms with Gasteiger partial charge in [-0.25, -0.2) is 9.97 Å². The van der Waals surface area contributed by atoms with E-state index in [2.05, 4.69) is 180 Å². The van der Waals surface area contributed by atoms with E-state index in [-0.39, 0.29) is 132 Å². The van der Waals surface area contributed by atoms with E-state index in [1.165, 1.54) is 57.6 Å². The number of carboxylic acid groups (broad SMARTS) is 2. The van der Waals surface area contributed by atoms with Crippen LogP contribution in [0.5, 0.6) is 11.8 Å². The summed E-state index contributed by atoms with van der Waals surface area (Å²) >= 11 is 12.8. The molecule has 0 radical (unpaired) electrons. The van der Waals surface area contributed by atoms with Gasteiger partial charge in [-0.1, -0.05) is 165 Å². The molecule has 2 unspecified atom stereocenters. The van der Waals surface area contributed by atoms with Crippen LogP contribution in [0.15, 0.2) is 223 Å². The summed E-state index contributed by atoms with van der Waals surface area (Å²) in [6.07, 6.45) is 16.9. The minimum absolute atomic E-state index is 0. The Bertz CT molecular complexity index is 5160. The molecule has 19 nitrogen and oxygen atoms in total. The van der Waals surface area contributed by atoms with Gasteiger partial charge in [0.1, 0.15) is 13.3 Å². The Hall–Kier alpha value is -5.84. The van der Waals surface area contributed by atoms with E-state index in [9.17, 15) is 28.9 Å². The summed E-state index contributed by atoms with van der Waals surface area (Å²) in [6.45, 7) is 24.5. The van der Waals surface area contributed by atoms with Gasteiger partial charge >= 0.3 is 101 Å². The number of carbonyl (C=O) groups is 3. The topological polar surface area (TPSA) is 273 Å². The number of hydrogen-bond acceptors (Lipinski definition) is 16. The number of aryl methyl sites for hydroxylation is 2. The van der Waals surface area contributed by atoms with Gasteiger partial charge in [0.15, 0.2) is 0 Å². The van der Waals surface area contributed by atoms with Crippen molar-refractivity contribution in [3.05, 3.63) is 268 Å². The molecule has 6 aromatic carbocycles. The molecule has 15 rings (SSSR count). The number of alkyl halides is 4. The van der Waals surface area contributed by atoms with Crippen molar-refractivity contribution in [1.82, 2.24) is 19.9 Å². The van der Waals surface area contributed by atoms with E-state index < -0.39 is 59.5 Å². The van der Waals surface area contributed by atoms with Crippen LogP contribution in [0.4, 0.5) is 25.0 Å². The van der Waals surface area contributed by atoms with Crippen LogP contribution < -0.4 is 111 Å². The van der Waals surface area contributed by atoms with Crippen molar-refractivity contribution in [2.24, 2.45) is 0 Å². The van der Waals surface area contributed by atoms with Gasteiger partial charge in [-0.15, -0.1) is 23.2 Å². The Kier molecular flexibility index (Phi) is 51.5. The normalized spacial score (nSPS) is 16.7. The molecule has 133 heavy (non-hydrogen) atoms. The van der Waals surface area contributed by atoms with Crippen molar-refractivity contribution in [2.45, 2.75) is 191 Å². The summed E-state index contributed by atoms with van der Waals surface area (Å²) < 4.78 is 63.0. The Labute approximate surface area is 875 Å². The molecule has 702 valence electrons. The van der Waals surface area contributed by atoms with E-state index >= 15 is 0 Å². The number of hydrogen-bond donors (Lipinski definition) is 3. The van der Waals surface area contributed by atoms with Gasteiger partial charge in [0, 0.05) is 98.7 Å². The molecule has 2 saturated carbocycles. The van der Waals surface area contributed by atoms with Gasteiger partial charge in [0.05, 0.1) is 88.2 Å². The smallest absolute Gasteiger partial charge is 0.0622 e. The predicted octanol–water partition coefficient (Wildman–Crippen LogP) is 16.0. The van der Waals surface area contributed by atoms with Gasteiger partial charge in [-0.05, 0) is 263 Å². The number of halogens is 7. The minimum atomic E-state index is -2.08. The van der Waals surface area contributed by atoms with E-state index in [4.69, 9.17) is 85.5 Å². The molecule has 3 N–H and O–H groups in total. The number of nitrogens with one attached hydrogen (secondary N) is 2. The van der Waals surface area contributed by atoms with Crippen LogP contribution in [0.2, 0.25) is 0 Å². The van der Waals surface area contributed by atoms with E-state index in [1.807, 2.05) is 104 Å². The number of carbonyl (C=O) groups excluding carboxylic acids is 2. The number of ether oxygens (including phenoxy) is 4. The average molecular weight is 2150 g/mol. The number of aromatic nitrogens is 4. The molecule has 2 atom stereocenters. The van der Waals surface area contributed by atoms with Gasteiger partial charge in [0.25, 0.3) is 11.8 Å². The molecule has 0 bridgehead atoms. The van der Waals surface area contributed by atoms with Gasteiger partial charge in [-0.2, -0.15) is 10.5 Å². The number of anilines is 2. The largest absolute Gasteiger partial charge is 1.00 e. The molecule has 5 aliphatic rings. The second kappa shape index (κ2) is 58.3. The summed E-state index contributed by atoms with van der Waals surface area (Å²) in [5, 5.41) is 46.3. The van der Waals surface area contributed by atoms with Crippen molar-refractivity contribution in [2.75, 3.05) is 69.0 Å². The van der Waals surface area contributed by atoms with Crippen LogP contribution >= 0.6 is 74.0 Å². The van der Waals surface area contributed by atoms with Gasteiger partial charge in [0.2, 0.25) is 17.9 Å². The van der Waals surface area contributed by atoms with Crippen molar-refractivity contribution < 1.29 is 154 Å². The van der Waals surface area contributed by atoms with Crippen molar-refractivity contribution >= 4 is 137 Å². The summed E-state index contributed by atoms with van der Waals surface area (Å²) in [7, 11) is 8.82. The Morgan fingerprint density at radius 3 is 1.28 bits per heavy atom. The fraction of sp³-hybridized carbons (Fsp3) is 0.390. The molecule has 5 fully saturated rings. The molecule has 2 amide bonds. The monoisotopic (exact) mass is 2140 g/mol. The molecule has 3 saturated heterocycles. The van der Waals surface area contributed by atoms with Crippen LogP contribution in [0, 0.1) is 36.5 Å². The van der Waals surface area contributed by atoms with E-state index in [0.717, 1.165) is 49.1 Å². The number of pyridine rings is 4. The number of rotatable bonds is 22. The Balaban J connectivity index is 0.000000293. The third-order valence-electron chi connectivity index (χ3n) is 23.3. The second-order valence-corrected chi connectivity index (χ2v) is 42.8. The second-order valence-electron chi connectivity index (χ2n) is 33.7. The van der Waals surface area contributed by atoms with Gasteiger partial charge in [-0.3, -0.25) is 28.3 Å². The summed E-state index contributed by atoms with van der Waals surface area (Å²) in [5.41, 5.74) is 7.17. The Morgan fingerprint density at radius 2 is 0.932 bits per heavy atom. The average Bonchev–Trinajstić information content (AvgIpc) is 1.66. The standard InChI is InChI=1S/C29H31FN4O3.C23H28BN3O3.2C17H19P.C12H15BrFNO2.CH2Cl2.CH2O3.2ClH.Fe.2Na.Pd/c1-5-37-27-24(29(16-30)9-11-36-18-29)12-21(15-33-27)23-14-22(7-6-19(23)2)34-26(35)20-8-10-32-25(13-20)28(3,4)17-31;1-15-8-9-17(13-18(15)24-29-22(4,5)23(6,7)30-24)27-20(28)16-10-11-26-19(12-16)21(2,3)14-25;2*1-3-9-15(10-4-1)18(17-13-7-8-14-17)16-11-5-2-6-12-16;1-2-17-11-10(5-9(13)6-15-11)12(7-14)3-4-16-8-12;2-1-3;2-1(3)4;;;;;;/h6-8,10,12-15H,5,9,11,16,18H2,1-4H3,(H,34,35);8-13H,1-7H3,(H,27,28);2*1-6,9-12,17H,7-8,13-14H2;5-6H,2-4,7-8H2,1H3;1H2;(H2,2,3,4);2*1H;;;;/q;;;;;;;;;;2*+1;+2/p-3. The van der Waals surface area contributed by atoms with Gasteiger partial charge < -0.3 is 53.9 Å². The summed E-state index contributed by atoms with van der Waals surface area (Å²) in [5.74, 6) is 0.359. The summed E-state index contributed by atoms with van der Waals surface area (Å²) in [4.78, 5) is 51.5. The number of amides is 2. The van der Waals surface area contributed by atoms with Crippen LogP contribution in [-0.4, -0.2) is 131 Å². The summed E-state index contributed by atoms with van der Waals surface area (Å²) in [6, 6.07) is 70.5. The maximum Gasteiger partial charge on any atom is 1.00 e. The SMILES string of the molecule is CCOc1ncc(-c2cc(NC(=O)c3ccnc(C(C)(C)C#N)c3)ccc2C)cc1C1(CF)CCOC1.CCOc1ncc(Br)cc1C1(CF)CCOC1.Cc1ccc(NC(=O)c2ccnc(C(C)(C)C#N)c2)cc1B1OC(C)(C)C(C)(C)O1.ClCCl.O=C([O-])O.[Cl][Pd][Cl].[Fe].[Na+].[Na+].c1ccc(P(c2ccccc2)C2CCCC2)cc1.c1ccc(P(c2ccccc2)C2CCCC2)cc1. The first-order valence-electron chi connectivity index (χ1n) is 43.0. The van der Waals surface area contributed by atoms with Crippen molar-refractivity contribution in [3.8, 4) is 35.0 Å². The minimum Gasteiger partial charge on any atom is -0.0622 e. The first-order valence-corrected chi connectivity index (χ1v) is 51.7. The Morgan fingerprint density at radius 1 is 0.579 bits per heavy atom. The molecule has 0 spiro atoms. The van der Waals surface area contributed by atoms with Crippen molar-refractivity contribution in [3.63, 3.8) is 0 Å². The van der Waals surface area contributed by atoms with Crippen LogP contribution in [0.25, 0.3) is 11.1 Å². The molecule has 7 heterocycles. The predicted molar refractivity (Wildman–Crippen MR) is 522 cm³/mol.